The number of carbonyl (C=O) groups excluding carboxylic acids is 1. The van der Waals surface area contributed by atoms with Crippen molar-refractivity contribution in [2.24, 2.45) is 0 Å². The van der Waals surface area contributed by atoms with Crippen molar-refractivity contribution < 1.29 is 9.90 Å². The minimum Gasteiger partial charge on any atom is -0.389 e. The van der Waals surface area contributed by atoms with Crippen LogP contribution in [0.4, 0.5) is 0 Å². The zero-order valence-corrected chi connectivity index (χ0v) is 20.5. The zero-order chi connectivity index (χ0) is 24.4. The van der Waals surface area contributed by atoms with Gasteiger partial charge < -0.3 is 14.6 Å². The van der Waals surface area contributed by atoms with Crippen molar-refractivity contribution in [2.75, 3.05) is 6.54 Å². The van der Waals surface area contributed by atoms with Crippen LogP contribution >= 0.6 is 23.2 Å². The number of amides is 1. The quantitative estimate of drug-likeness (QED) is 0.265. The summed E-state index contributed by atoms with van der Waals surface area (Å²) >= 11 is 12.2. The molecule has 1 heterocycles. The molecule has 4 nitrogen and oxygen atoms in total. The van der Waals surface area contributed by atoms with Crippen LogP contribution in [-0.2, 0) is 13.1 Å². The van der Waals surface area contributed by atoms with E-state index >= 15 is 0 Å². The highest BCUT2D eigenvalue weighted by Crippen LogP contribution is 2.29. The van der Waals surface area contributed by atoms with Crippen molar-refractivity contribution in [3.8, 4) is 0 Å². The van der Waals surface area contributed by atoms with Gasteiger partial charge in [-0.05, 0) is 35.9 Å². The Kier molecular flexibility index (Phi) is 6.78. The lowest BCUT2D eigenvalue weighted by atomic mass is 10.1. The van der Waals surface area contributed by atoms with Gasteiger partial charge in [-0.15, -0.1) is 0 Å². The predicted molar refractivity (Wildman–Crippen MR) is 143 cm³/mol. The molecule has 0 bridgehead atoms. The van der Waals surface area contributed by atoms with Crippen molar-refractivity contribution in [3.05, 3.63) is 118 Å². The molecule has 6 heteroatoms. The van der Waals surface area contributed by atoms with Crippen LogP contribution < -0.4 is 0 Å². The van der Waals surface area contributed by atoms with Crippen molar-refractivity contribution in [3.63, 3.8) is 0 Å². The van der Waals surface area contributed by atoms with E-state index in [0.717, 1.165) is 27.4 Å². The van der Waals surface area contributed by atoms with Crippen LogP contribution in [0, 0.1) is 0 Å². The molecule has 0 saturated carbocycles. The van der Waals surface area contributed by atoms with Crippen LogP contribution in [-0.4, -0.2) is 33.1 Å². The number of aliphatic hydroxyl groups excluding tert-OH is 1. The molecule has 0 fully saturated rings. The van der Waals surface area contributed by atoms with Crippen molar-refractivity contribution in [2.45, 2.75) is 19.2 Å². The highest BCUT2D eigenvalue weighted by atomic mass is 35.5. The Hall–Kier alpha value is -3.31. The van der Waals surface area contributed by atoms with E-state index in [4.69, 9.17) is 23.2 Å². The summed E-state index contributed by atoms with van der Waals surface area (Å²) in [5, 5.41) is 14.2. The van der Waals surface area contributed by atoms with Crippen LogP contribution in [0.15, 0.2) is 97.1 Å². The zero-order valence-electron chi connectivity index (χ0n) is 18.9. The van der Waals surface area contributed by atoms with Crippen LogP contribution in [0.25, 0.3) is 21.8 Å². The van der Waals surface area contributed by atoms with Crippen LogP contribution in [0.2, 0.25) is 10.0 Å². The smallest absolute Gasteiger partial charge is 0.254 e. The van der Waals surface area contributed by atoms with E-state index in [9.17, 15) is 9.90 Å². The topological polar surface area (TPSA) is 45.5 Å². The summed E-state index contributed by atoms with van der Waals surface area (Å²) in [6.07, 6.45) is -0.787. The summed E-state index contributed by atoms with van der Waals surface area (Å²) in [6.45, 7) is 0.882. The van der Waals surface area contributed by atoms with E-state index in [2.05, 4.69) is 28.8 Å². The fraction of sp³-hybridized carbons (Fsp3) is 0.138. The van der Waals surface area contributed by atoms with Gasteiger partial charge in [0.1, 0.15) is 0 Å². The van der Waals surface area contributed by atoms with E-state index in [1.807, 2.05) is 54.6 Å². The standard InChI is InChI=1S/C29H24Cl2N2O2/c30-25-15-14-21(16-26(25)31)29(35)32(17-20-8-2-1-3-9-20)18-22(34)19-33-27-12-6-4-10-23(27)24-11-5-7-13-28(24)33/h1-16,22,34H,17-19H2. The predicted octanol–water partition coefficient (Wildman–Crippen LogP) is 6.80. The van der Waals surface area contributed by atoms with Crippen molar-refractivity contribution in [1.82, 2.24) is 9.47 Å². The number of aliphatic hydroxyl groups is 1. The third-order valence-corrected chi connectivity index (χ3v) is 6.91. The summed E-state index contributed by atoms with van der Waals surface area (Å²) in [5.41, 5.74) is 3.51. The number of benzene rings is 4. The number of fused-ring (bicyclic) bond motifs is 3. The molecule has 1 aromatic heterocycles. The molecule has 0 saturated heterocycles. The summed E-state index contributed by atoms with van der Waals surface area (Å²) in [6, 6.07) is 30.9. The fourth-order valence-electron chi connectivity index (χ4n) is 4.56. The lowest BCUT2D eigenvalue weighted by Crippen LogP contribution is -2.38. The highest BCUT2D eigenvalue weighted by molar-refractivity contribution is 6.42. The molecule has 0 spiro atoms. The normalized spacial score (nSPS) is 12.2. The van der Waals surface area contributed by atoms with Gasteiger partial charge in [-0.1, -0.05) is 89.9 Å². The van der Waals surface area contributed by atoms with E-state index in [0.29, 0.717) is 28.7 Å². The van der Waals surface area contributed by atoms with Crippen LogP contribution in [0.1, 0.15) is 15.9 Å². The first-order valence-corrected chi connectivity index (χ1v) is 12.2. The molecule has 1 N–H and O–H groups in total. The Morgan fingerprint density at radius 3 is 2.03 bits per heavy atom. The monoisotopic (exact) mass is 502 g/mol. The number of carbonyl (C=O) groups is 1. The Balaban J connectivity index is 1.45. The SMILES string of the molecule is O=C(c1ccc(Cl)c(Cl)c1)N(Cc1ccccc1)CC(O)Cn1c2ccccc2c2ccccc21. The molecule has 0 aliphatic heterocycles. The maximum atomic E-state index is 13.5. The highest BCUT2D eigenvalue weighted by Gasteiger charge is 2.22. The number of rotatable bonds is 7. The van der Waals surface area contributed by atoms with Crippen molar-refractivity contribution in [1.29, 1.82) is 0 Å². The van der Waals surface area contributed by atoms with Gasteiger partial charge in [-0.3, -0.25) is 4.79 Å². The molecular formula is C29H24Cl2N2O2. The Morgan fingerprint density at radius 2 is 1.40 bits per heavy atom. The molecule has 5 aromatic rings. The molecule has 5 rings (SSSR count). The van der Waals surface area contributed by atoms with Gasteiger partial charge in [0.25, 0.3) is 5.91 Å². The minimum atomic E-state index is -0.787. The second kappa shape index (κ2) is 10.1. The lowest BCUT2D eigenvalue weighted by molar-refractivity contribution is 0.0578. The van der Waals surface area contributed by atoms with E-state index in [1.165, 1.54) is 0 Å². The summed E-state index contributed by atoms with van der Waals surface area (Å²) in [5.74, 6) is -0.214. The number of nitrogens with zero attached hydrogens (tertiary/aromatic N) is 2. The molecule has 4 aromatic carbocycles. The van der Waals surface area contributed by atoms with Crippen LogP contribution in [0.5, 0.6) is 0 Å². The lowest BCUT2D eigenvalue weighted by Gasteiger charge is -2.26. The molecule has 176 valence electrons. The molecule has 0 radical (unpaired) electrons. The molecule has 1 amide bonds. The first kappa shape index (κ1) is 23.4. The maximum absolute atomic E-state index is 13.5. The fourth-order valence-corrected chi connectivity index (χ4v) is 4.86. The number of aromatic nitrogens is 1. The Labute approximate surface area is 213 Å². The third-order valence-electron chi connectivity index (χ3n) is 6.17. The van der Waals surface area contributed by atoms with E-state index in [1.54, 1.807) is 23.1 Å². The Morgan fingerprint density at radius 1 is 0.800 bits per heavy atom. The number of para-hydroxylation sites is 2. The number of hydrogen-bond donors (Lipinski definition) is 1. The molecule has 1 unspecified atom stereocenters. The van der Waals surface area contributed by atoms with Crippen molar-refractivity contribution >= 4 is 50.9 Å². The largest absolute Gasteiger partial charge is 0.389 e. The van der Waals surface area contributed by atoms with Gasteiger partial charge >= 0.3 is 0 Å². The third kappa shape index (κ3) is 4.92. The molecule has 35 heavy (non-hydrogen) atoms. The number of hydrogen-bond acceptors (Lipinski definition) is 2. The van der Waals surface area contributed by atoms with Gasteiger partial charge in [-0.25, -0.2) is 0 Å². The van der Waals surface area contributed by atoms with E-state index in [-0.39, 0.29) is 12.5 Å². The molecule has 0 aliphatic carbocycles. The van der Waals surface area contributed by atoms with Gasteiger partial charge in [-0.2, -0.15) is 0 Å². The second-order valence-corrected chi connectivity index (χ2v) is 9.41. The first-order valence-electron chi connectivity index (χ1n) is 11.4. The van der Waals surface area contributed by atoms with Gasteiger partial charge in [0, 0.05) is 40.5 Å². The minimum absolute atomic E-state index is 0.162. The van der Waals surface area contributed by atoms with Gasteiger partial charge in [0.2, 0.25) is 0 Å². The van der Waals surface area contributed by atoms with E-state index < -0.39 is 6.10 Å². The Bertz CT molecular complexity index is 1440. The number of halogens is 2. The summed E-state index contributed by atoms with van der Waals surface area (Å²) in [7, 11) is 0. The molecule has 0 aliphatic rings. The first-order chi connectivity index (χ1) is 17.0. The summed E-state index contributed by atoms with van der Waals surface area (Å²) < 4.78 is 2.12. The average molecular weight is 503 g/mol. The average Bonchev–Trinajstić information content (AvgIpc) is 3.19. The molecule has 1 atom stereocenters. The van der Waals surface area contributed by atoms with Crippen LogP contribution in [0.3, 0.4) is 0 Å². The van der Waals surface area contributed by atoms with Gasteiger partial charge in [0.15, 0.2) is 0 Å². The van der Waals surface area contributed by atoms with Gasteiger partial charge in [0.05, 0.1) is 22.7 Å². The molecular weight excluding hydrogens is 479 g/mol. The summed E-state index contributed by atoms with van der Waals surface area (Å²) in [4.78, 5) is 15.1. The maximum Gasteiger partial charge on any atom is 0.254 e. The second-order valence-electron chi connectivity index (χ2n) is 8.60.